The van der Waals surface area contributed by atoms with Crippen LogP contribution in [0.1, 0.15) is 11.4 Å². The summed E-state index contributed by atoms with van der Waals surface area (Å²) in [4.78, 5) is 7.53. The van der Waals surface area contributed by atoms with Crippen molar-refractivity contribution in [3.05, 3.63) is 187 Å². The molecule has 0 radical (unpaired) electrons. The van der Waals surface area contributed by atoms with Gasteiger partial charge in [0.15, 0.2) is 0 Å². The number of nitrogens with zero attached hydrogens (tertiary/aromatic N) is 1. The van der Waals surface area contributed by atoms with Gasteiger partial charge in [0.05, 0.1) is 11.4 Å². The number of pyridine rings is 1. The summed E-state index contributed by atoms with van der Waals surface area (Å²) >= 11 is 3.68. The Morgan fingerprint density at radius 3 is 1.04 bits per heavy atom. The van der Waals surface area contributed by atoms with Crippen LogP contribution in [0.15, 0.2) is 186 Å². The van der Waals surface area contributed by atoms with Crippen LogP contribution in [0.4, 0.5) is 0 Å². The highest BCUT2D eigenvalue weighted by Crippen LogP contribution is 2.39. The first-order valence-electron chi connectivity index (χ1n) is 17.0. The molecule has 0 amide bonds. The van der Waals surface area contributed by atoms with Gasteiger partial charge >= 0.3 is 0 Å². The second-order valence-corrected chi connectivity index (χ2v) is 14.7. The van der Waals surface area contributed by atoms with E-state index in [2.05, 4.69) is 176 Å². The Morgan fingerprint density at radius 2 is 0.680 bits per heavy atom. The molecule has 1 aromatic heterocycles. The second kappa shape index (κ2) is 13.5. The molecule has 0 unspecified atom stereocenters. The van der Waals surface area contributed by atoms with Gasteiger partial charge in [0.1, 0.15) is 0 Å². The molecule has 238 valence electrons. The van der Waals surface area contributed by atoms with Crippen molar-refractivity contribution in [1.29, 1.82) is 0 Å². The van der Waals surface area contributed by atoms with Gasteiger partial charge in [-0.1, -0.05) is 127 Å². The highest BCUT2D eigenvalue weighted by Gasteiger charge is 2.12. The van der Waals surface area contributed by atoms with Gasteiger partial charge in [-0.05, 0) is 114 Å². The number of hydrogen-bond acceptors (Lipinski definition) is 3. The zero-order chi connectivity index (χ0) is 33.3. The van der Waals surface area contributed by atoms with Crippen LogP contribution in [-0.2, 0) is 11.5 Å². The number of benzene rings is 8. The lowest BCUT2D eigenvalue weighted by Gasteiger charge is -2.13. The first kappa shape index (κ1) is 30.7. The number of thioether (sulfide) groups is 2. The fourth-order valence-corrected chi connectivity index (χ4v) is 8.70. The molecule has 0 saturated heterocycles. The average molecular weight is 676 g/mol. The summed E-state index contributed by atoms with van der Waals surface area (Å²) in [5, 5.41) is 10.3. The van der Waals surface area contributed by atoms with Crippen molar-refractivity contribution >= 4 is 66.6 Å². The van der Waals surface area contributed by atoms with Crippen molar-refractivity contribution < 1.29 is 0 Å². The zero-order valence-electron chi connectivity index (χ0n) is 27.4. The molecule has 0 aliphatic carbocycles. The summed E-state index contributed by atoms with van der Waals surface area (Å²) in [5.74, 6) is 1.67. The average Bonchev–Trinajstić information content (AvgIpc) is 3.18. The molecule has 50 heavy (non-hydrogen) atoms. The van der Waals surface area contributed by atoms with Crippen LogP contribution in [0.3, 0.4) is 0 Å². The van der Waals surface area contributed by atoms with Crippen LogP contribution >= 0.6 is 23.5 Å². The van der Waals surface area contributed by atoms with E-state index in [9.17, 15) is 0 Å². The maximum Gasteiger partial charge on any atom is 0.0509 e. The Balaban J connectivity index is 0.884. The fraction of sp³-hybridized carbons (Fsp3) is 0.0426. The smallest absolute Gasteiger partial charge is 0.0509 e. The van der Waals surface area contributed by atoms with Crippen LogP contribution in [0.5, 0.6) is 0 Å². The second-order valence-electron chi connectivity index (χ2n) is 12.6. The third-order valence-electron chi connectivity index (χ3n) is 9.47. The lowest BCUT2D eigenvalue weighted by atomic mass is 9.92. The summed E-state index contributed by atoms with van der Waals surface area (Å²) in [6, 6.07) is 63.9. The monoisotopic (exact) mass is 675 g/mol. The molecule has 1 heterocycles. The van der Waals surface area contributed by atoms with E-state index in [1.54, 1.807) is 0 Å². The first-order valence-corrected chi connectivity index (χ1v) is 19.0. The fourth-order valence-electron chi connectivity index (χ4n) is 7.09. The number of fused-ring (bicyclic) bond motifs is 4. The molecular weight excluding hydrogens is 643 g/mol. The van der Waals surface area contributed by atoms with Crippen molar-refractivity contribution in [3.8, 4) is 22.3 Å². The quantitative estimate of drug-likeness (QED) is 0.118. The van der Waals surface area contributed by atoms with Gasteiger partial charge in [0.2, 0.25) is 0 Å². The van der Waals surface area contributed by atoms with Crippen molar-refractivity contribution in [3.63, 3.8) is 0 Å². The largest absolute Gasteiger partial charge is 0.256 e. The van der Waals surface area contributed by atoms with Crippen LogP contribution in [0.2, 0.25) is 0 Å². The molecular formula is C47H33NS2. The molecule has 8 aromatic carbocycles. The Morgan fingerprint density at radius 1 is 0.340 bits per heavy atom. The van der Waals surface area contributed by atoms with Crippen molar-refractivity contribution in [2.75, 3.05) is 0 Å². The van der Waals surface area contributed by atoms with E-state index in [0.717, 1.165) is 22.9 Å². The van der Waals surface area contributed by atoms with Gasteiger partial charge < -0.3 is 0 Å². The molecule has 0 atom stereocenters. The molecule has 1 nitrogen and oxygen atoms in total. The summed E-state index contributed by atoms with van der Waals surface area (Å²) in [6.45, 7) is 0. The standard InChI is InChI=1S/C47H33NS2/c1-5-16-42-34(10-1)28-35-11-2-6-17-43(35)46(42)32-20-24-40(25-21-32)49-30-38-14-9-15-39(48-38)31-50-41-26-22-33(23-27-41)47-44-18-7-3-12-36(44)29-37-13-4-8-19-45(37)47/h1-29H,30-31H2. The van der Waals surface area contributed by atoms with Crippen LogP contribution < -0.4 is 0 Å². The molecule has 9 aromatic rings. The summed E-state index contributed by atoms with van der Waals surface area (Å²) in [6.07, 6.45) is 0. The highest BCUT2D eigenvalue weighted by atomic mass is 32.2. The zero-order valence-corrected chi connectivity index (χ0v) is 29.1. The highest BCUT2D eigenvalue weighted by molar-refractivity contribution is 7.98. The molecule has 0 aliphatic heterocycles. The van der Waals surface area contributed by atoms with E-state index in [-0.39, 0.29) is 0 Å². The normalized spacial score (nSPS) is 11.5. The maximum absolute atomic E-state index is 5.03. The van der Waals surface area contributed by atoms with Crippen molar-refractivity contribution in [2.45, 2.75) is 21.3 Å². The van der Waals surface area contributed by atoms with E-state index < -0.39 is 0 Å². The van der Waals surface area contributed by atoms with Crippen molar-refractivity contribution in [1.82, 2.24) is 4.98 Å². The third-order valence-corrected chi connectivity index (χ3v) is 11.6. The minimum Gasteiger partial charge on any atom is -0.256 e. The predicted octanol–water partition coefficient (Wildman–Crippen LogP) is 13.6. The van der Waals surface area contributed by atoms with Gasteiger partial charge in [0.25, 0.3) is 0 Å². The van der Waals surface area contributed by atoms with E-state index in [1.165, 1.54) is 75.1 Å². The summed E-state index contributed by atoms with van der Waals surface area (Å²) in [5.41, 5.74) is 7.32. The molecule has 0 N–H and O–H groups in total. The first-order chi connectivity index (χ1) is 24.8. The van der Waals surface area contributed by atoms with Crippen LogP contribution in [-0.4, -0.2) is 4.98 Å². The van der Waals surface area contributed by atoms with Gasteiger partial charge in [-0.3, -0.25) is 4.98 Å². The molecule has 0 aliphatic rings. The number of aromatic nitrogens is 1. The number of rotatable bonds is 8. The molecule has 0 fully saturated rings. The van der Waals surface area contributed by atoms with Gasteiger partial charge in [-0.25, -0.2) is 0 Å². The minimum absolute atomic E-state index is 0.836. The maximum atomic E-state index is 5.03. The van der Waals surface area contributed by atoms with E-state index >= 15 is 0 Å². The van der Waals surface area contributed by atoms with Crippen LogP contribution in [0.25, 0.3) is 65.3 Å². The van der Waals surface area contributed by atoms with E-state index in [0.29, 0.717) is 0 Å². The molecule has 0 saturated carbocycles. The number of hydrogen-bond donors (Lipinski definition) is 0. The van der Waals surface area contributed by atoms with Crippen molar-refractivity contribution in [2.24, 2.45) is 0 Å². The van der Waals surface area contributed by atoms with E-state index in [4.69, 9.17) is 4.98 Å². The molecule has 0 spiro atoms. The Bertz CT molecular complexity index is 2350. The Kier molecular flexibility index (Phi) is 8.30. The lowest BCUT2D eigenvalue weighted by molar-refractivity contribution is 1.09. The van der Waals surface area contributed by atoms with Gasteiger partial charge in [-0.15, -0.1) is 23.5 Å². The molecule has 9 rings (SSSR count). The van der Waals surface area contributed by atoms with Crippen LogP contribution in [0, 0.1) is 0 Å². The molecule has 3 heteroatoms. The van der Waals surface area contributed by atoms with Gasteiger partial charge in [0, 0.05) is 21.3 Å². The Labute approximate surface area is 301 Å². The van der Waals surface area contributed by atoms with E-state index in [1.807, 2.05) is 23.5 Å². The predicted molar refractivity (Wildman–Crippen MR) is 217 cm³/mol. The molecule has 0 bridgehead atoms. The SMILES string of the molecule is c1cc(CSc2ccc(-c3c4ccccc4cc4ccccc34)cc2)nc(CSc2ccc(-c3c4ccccc4cc4ccccc34)cc2)c1. The van der Waals surface area contributed by atoms with Gasteiger partial charge in [-0.2, -0.15) is 0 Å². The topological polar surface area (TPSA) is 12.9 Å². The third kappa shape index (κ3) is 6.04. The lowest BCUT2D eigenvalue weighted by Crippen LogP contribution is -1.93. The Hall–Kier alpha value is -5.35. The summed E-state index contributed by atoms with van der Waals surface area (Å²) in [7, 11) is 0. The minimum atomic E-state index is 0.836. The summed E-state index contributed by atoms with van der Waals surface area (Å²) < 4.78 is 0.